The molecule has 3 heteroatoms. The first-order valence-electron chi connectivity index (χ1n) is 6.20. The quantitative estimate of drug-likeness (QED) is 0.660. The summed E-state index contributed by atoms with van der Waals surface area (Å²) in [6.07, 6.45) is 1.77. The van der Waals surface area contributed by atoms with Crippen LogP contribution in [0.2, 0.25) is 0 Å². The summed E-state index contributed by atoms with van der Waals surface area (Å²) < 4.78 is 5.82. The second-order valence-electron chi connectivity index (χ2n) is 4.17. The summed E-state index contributed by atoms with van der Waals surface area (Å²) in [4.78, 5) is 0. The number of ether oxygens (including phenoxy) is 1. The maximum absolute atomic E-state index is 10.2. The Hall–Kier alpha value is -1.22. The number of alkyl halides is 1. The lowest BCUT2D eigenvalue weighted by atomic mass is 10.0. The fraction of sp³-hybridized carbons (Fsp3) is 0.333. The Morgan fingerprint density at radius 2 is 1.94 bits per heavy atom. The first-order valence-corrected chi connectivity index (χ1v) is 7.32. The minimum absolute atomic E-state index is 0.376. The van der Waals surface area contributed by atoms with Crippen LogP contribution in [-0.4, -0.2) is 17.0 Å². The summed E-state index contributed by atoms with van der Waals surface area (Å²) in [6.45, 7) is 2.72. The van der Waals surface area contributed by atoms with E-state index in [1.165, 1.54) is 0 Å². The van der Waals surface area contributed by atoms with Gasteiger partial charge in [0.2, 0.25) is 0 Å². The molecule has 0 spiro atoms. The molecule has 0 fully saturated rings. The van der Waals surface area contributed by atoms with E-state index in [4.69, 9.17) is 4.74 Å². The number of hydrogen-bond donors (Lipinski definition) is 1. The van der Waals surface area contributed by atoms with Crippen LogP contribution in [0.4, 0.5) is 0 Å². The standard InChI is InChI=1S/C15H17BrO2/c1-2-11-10-14(18-9-5-8-16)12-6-3-4-7-13(12)15(11)17/h3-4,6-7,10,17H,2,5,8-9H2,1H3. The molecule has 0 amide bonds. The molecule has 0 heterocycles. The molecule has 0 bridgehead atoms. The number of benzene rings is 2. The predicted molar refractivity (Wildman–Crippen MR) is 78.9 cm³/mol. The molecule has 0 atom stereocenters. The van der Waals surface area contributed by atoms with Crippen molar-refractivity contribution in [3.8, 4) is 11.5 Å². The van der Waals surface area contributed by atoms with Gasteiger partial charge in [-0.25, -0.2) is 0 Å². The lowest BCUT2D eigenvalue weighted by Gasteiger charge is -2.13. The van der Waals surface area contributed by atoms with E-state index in [-0.39, 0.29) is 0 Å². The average Bonchev–Trinajstić information content (AvgIpc) is 2.42. The second kappa shape index (κ2) is 6.10. The average molecular weight is 309 g/mol. The van der Waals surface area contributed by atoms with Gasteiger partial charge >= 0.3 is 0 Å². The summed E-state index contributed by atoms with van der Waals surface area (Å²) >= 11 is 3.39. The SMILES string of the molecule is CCc1cc(OCCCBr)c2ccccc2c1O. The van der Waals surface area contributed by atoms with Crippen molar-refractivity contribution >= 4 is 26.7 Å². The summed E-state index contributed by atoms with van der Waals surface area (Å²) in [5, 5.41) is 13.0. The number of fused-ring (bicyclic) bond motifs is 1. The summed E-state index contributed by atoms with van der Waals surface area (Å²) in [5.74, 6) is 1.24. The maximum Gasteiger partial charge on any atom is 0.127 e. The van der Waals surface area contributed by atoms with Crippen LogP contribution >= 0.6 is 15.9 Å². The Labute approximate surface area is 116 Å². The number of phenols is 1. The fourth-order valence-electron chi connectivity index (χ4n) is 2.01. The van der Waals surface area contributed by atoms with Crippen LogP contribution in [0.5, 0.6) is 11.5 Å². The molecular weight excluding hydrogens is 292 g/mol. The number of hydrogen-bond acceptors (Lipinski definition) is 2. The van der Waals surface area contributed by atoms with Gasteiger partial charge < -0.3 is 9.84 Å². The van der Waals surface area contributed by atoms with Crippen LogP contribution in [0.3, 0.4) is 0 Å². The van der Waals surface area contributed by atoms with E-state index in [9.17, 15) is 5.11 Å². The van der Waals surface area contributed by atoms with Crippen molar-refractivity contribution in [1.82, 2.24) is 0 Å². The van der Waals surface area contributed by atoms with Crippen molar-refractivity contribution in [3.63, 3.8) is 0 Å². The van der Waals surface area contributed by atoms with Gasteiger partial charge in [0.15, 0.2) is 0 Å². The fourth-order valence-corrected chi connectivity index (χ4v) is 2.24. The Bertz CT molecular complexity index is 537. The highest BCUT2D eigenvalue weighted by atomic mass is 79.9. The number of aromatic hydroxyl groups is 1. The van der Waals surface area contributed by atoms with Crippen LogP contribution in [0.25, 0.3) is 10.8 Å². The van der Waals surface area contributed by atoms with Crippen molar-refractivity contribution in [2.75, 3.05) is 11.9 Å². The summed E-state index contributed by atoms with van der Waals surface area (Å²) in [6, 6.07) is 9.76. The largest absolute Gasteiger partial charge is 0.507 e. The molecule has 2 aromatic carbocycles. The van der Waals surface area contributed by atoms with Crippen LogP contribution in [-0.2, 0) is 6.42 Å². The van der Waals surface area contributed by atoms with Crippen LogP contribution < -0.4 is 4.74 Å². The van der Waals surface area contributed by atoms with Crippen molar-refractivity contribution < 1.29 is 9.84 Å². The van der Waals surface area contributed by atoms with E-state index in [1.54, 1.807) is 0 Å². The molecule has 2 nitrogen and oxygen atoms in total. The van der Waals surface area contributed by atoms with Crippen molar-refractivity contribution in [3.05, 3.63) is 35.9 Å². The highest BCUT2D eigenvalue weighted by Crippen LogP contribution is 2.36. The molecule has 0 aliphatic rings. The summed E-state index contributed by atoms with van der Waals surface area (Å²) in [5.41, 5.74) is 0.933. The second-order valence-corrected chi connectivity index (χ2v) is 4.97. The van der Waals surface area contributed by atoms with Crippen LogP contribution in [0.15, 0.2) is 30.3 Å². The monoisotopic (exact) mass is 308 g/mol. The lowest BCUT2D eigenvalue weighted by molar-refractivity contribution is 0.322. The van der Waals surface area contributed by atoms with E-state index in [1.807, 2.05) is 37.3 Å². The molecule has 0 unspecified atom stereocenters. The van der Waals surface area contributed by atoms with Gasteiger partial charge in [-0.05, 0) is 24.5 Å². The third-order valence-electron chi connectivity index (χ3n) is 2.97. The normalized spacial score (nSPS) is 10.8. The number of phenolic OH excluding ortho intramolecular Hbond substituents is 1. The van der Waals surface area contributed by atoms with E-state index in [0.717, 1.165) is 40.3 Å². The highest BCUT2D eigenvalue weighted by molar-refractivity contribution is 9.09. The van der Waals surface area contributed by atoms with Crippen molar-refractivity contribution in [2.45, 2.75) is 19.8 Å². The molecule has 0 aliphatic carbocycles. The zero-order valence-electron chi connectivity index (χ0n) is 10.4. The number of halogens is 1. The first kappa shape index (κ1) is 13.2. The number of rotatable bonds is 5. The van der Waals surface area contributed by atoms with Crippen molar-refractivity contribution in [2.24, 2.45) is 0 Å². The third kappa shape index (κ3) is 2.61. The molecule has 0 saturated carbocycles. The Kier molecular flexibility index (Phi) is 4.48. The van der Waals surface area contributed by atoms with E-state index in [0.29, 0.717) is 12.4 Å². The molecule has 0 aromatic heterocycles. The highest BCUT2D eigenvalue weighted by Gasteiger charge is 2.10. The minimum Gasteiger partial charge on any atom is -0.507 e. The predicted octanol–water partition coefficient (Wildman–Crippen LogP) is 4.27. The topological polar surface area (TPSA) is 29.5 Å². The first-order chi connectivity index (χ1) is 8.77. The molecule has 2 rings (SSSR count). The molecule has 2 aromatic rings. The van der Waals surface area contributed by atoms with Gasteiger partial charge in [-0.2, -0.15) is 0 Å². The van der Waals surface area contributed by atoms with Gasteiger partial charge in [0.25, 0.3) is 0 Å². The zero-order valence-corrected chi connectivity index (χ0v) is 12.0. The van der Waals surface area contributed by atoms with E-state index >= 15 is 0 Å². The minimum atomic E-state index is 0.376. The van der Waals surface area contributed by atoms with E-state index in [2.05, 4.69) is 15.9 Å². The van der Waals surface area contributed by atoms with E-state index < -0.39 is 0 Å². The number of aryl methyl sites for hydroxylation is 1. The van der Waals surface area contributed by atoms with Crippen molar-refractivity contribution in [1.29, 1.82) is 0 Å². The summed E-state index contributed by atoms with van der Waals surface area (Å²) in [7, 11) is 0. The smallest absolute Gasteiger partial charge is 0.127 e. The van der Waals surface area contributed by atoms with Gasteiger partial charge in [0.05, 0.1) is 6.61 Å². The Balaban J connectivity index is 2.47. The van der Waals surface area contributed by atoms with Gasteiger partial charge in [-0.3, -0.25) is 0 Å². The Morgan fingerprint density at radius 3 is 2.61 bits per heavy atom. The van der Waals surface area contributed by atoms with Gasteiger partial charge in [0, 0.05) is 16.1 Å². The maximum atomic E-state index is 10.2. The lowest BCUT2D eigenvalue weighted by Crippen LogP contribution is -1.99. The molecule has 0 aliphatic heterocycles. The Morgan fingerprint density at radius 1 is 1.22 bits per heavy atom. The van der Waals surface area contributed by atoms with Gasteiger partial charge in [-0.1, -0.05) is 47.1 Å². The zero-order chi connectivity index (χ0) is 13.0. The third-order valence-corrected chi connectivity index (χ3v) is 3.53. The van der Waals surface area contributed by atoms with Crippen LogP contribution in [0.1, 0.15) is 18.9 Å². The van der Waals surface area contributed by atoms with Crippen LogP contribution in [0, 0.1) is 0 Å². The van der Waals surface area contributed by atoms with Gasteiger partial charge in [0.1, 0.15) is 11.5 Å². The molecule has 0 radical (unpaired) electrons. The molecule has 96 valence electrons. The molecule has 0 saturated heterocycles. The molecular formula is C15H17BrO2. The molecule has 1 N–H and O–H groups in total. The van der Waals surface area contributed by atoms with Gasteiger partial charge in [-0.15, -0.1) is 0 Å². The molecule has 18 heavy (non-hydrogen) atoms.